The zero-order valence-corrected chi connectivity index (χ0v) is 80.3. The van der Waals surface area contributed by atoms with Crippen molar-refractivity contribution < 1.29 is 74.1 Å². The number of anilines is 3. The third-order valence-corrected chi connectivity index (χ3v) is 27.8. The lowest BCUT2D eigenvalue weighted by atomic mass is 10.0. The van der Waals surface area contributed by atoms with Crippen LogP contribution in [0.3, 0.4) is 0 Å². The van der Waals surface area contributed by atoms with Crippen LogP contribution in [0.15, 0.2) is 216 Å². The number of nitro benzene ring substituents is 3. The van der Waals surface area contributed by atoms with Gasteiger partial charge >= 0.3 is 18.0 Å². The number of alkyl halides is 6. The minimum Gasteiger partial charge on any atom is -0.431 e. The Bertz CT molecular complexity index is 7450. The fourth-order valence-corrected chi connectivity index (χ4v) is 18.3. The first-order chi connectivity index (χ1) is 68.6. The van der Waals surface area contributed by atoms with E-state index in [9.17, 15) is 114 Å². The molecule has 6 aliphatic carbocycles. The maximum Gasteiger partial charge on any atom is 0.419 e. The van der Waals surface area contributed by atoms with E-state index < -0.39 is 68.4 Å². The summed E-state index contributed by atoms with van der Waals surface area (Å²) < 4.78 is 117. The number of aliphatic hydroxyl groups is 2. The molecule has 20 rings (SSSR count). The maximum absolute atomic E-state index is 13.9. The number of nitrogen functional groups attached to an aromatic ring is 1. The fourth-order valence-electron chi connectivity index (χ4n) is 18.3. The van der Waals surface area contributed by atoms with Crippen LogP contribution in [0.25, 0.3) is 64.6 Å². The SMILES string of the molecule is CC[C@@H](C)n1ccc2c(N)c(C3CC3)ccc2c1=O.CC[C@@H](C)n1ccc2c(NC(=O)Cc3ccc(C(F)(F)F)c(F)c3)c(C3CC3)ccc2c1=O.CC[C@@H](C)n1ccc2c([N+](=O)[O-])c(C3CC3)ccc2c1=O.C[C@H](CO)n1ccc2c(NC(=O)Cc3ccc(C(F)(F)F)c(F)c3)c(C3CC3)ccc2c1=O.C[C@H](CO)n1ccc2c([N+](=O)[O-])c(C3CC3)ccc2c1=O.O=c1occc2c([N+](=O)[O-])c(C3CC3)ccc12. The zero-order chi connectivity index (χ0) is 104. The molecule has 6 fully saturated rings. The minimum absolute atomic E-state index is 0.0256. The number of aliphatic hydroxyl groups excluding tert-OH is 2. The van der Waals surface area contributed by atoms with E-state index in [0.29, 0.717) is 84.0 Å². The number of aromatic nitrogens is 5. The van der Waals surface area contributed by atoms with E-state index in [1.165, 1.54) is 46.1 Å². The van der Waals surface area contributed by atoms with Gasteiger partial charge in [-0.3, -0.25) is 63.9 Å². The van der Waals surface area contributed by atoms with Crippen LogP contribution in [0.5, 0.6) is 0 Å². The highest BCUT2D eigenvalue weighted by Gasteiger charge is 2.40. The predicted molar refractivity (Wildman–Crippen MR) is 536 cm³/mol. The molecule has 0 aliphatic heterocycles. The summed E-state index contributed by atoms with van der Waals surface area (Å²) in [7, 11) is 0. The number of nitro groups is 3. The van der Waals surface area contributed by atoms with Crippen molar-refractivity contribution in [3.63, 3.8) is 0 Å². The molecule has 14 aromatic rings. The van der Waals surface area contributed by atoms with Crippen molar-refractivity contribution in [3.8, 4) is 0 Å². The molecule has 28 nitrogen and oxygen atoms in total. The highest BCUT2D eigenvalue weighted by atomic mass is 19.4. The van der Waals surface area contributed by atoms with Gasteiger partial charge in [0.1, 0.15) is 11.6 Å². The molecule has 5 atom stereocenters. The number of halogens is 8. The Labute approximate surface area is 818 Å². The number of carbonyl (C=O) groups excluding carboxylic acids is 2. The van der Waals surface area contributed by atoms with Gasteiger partial charge in [0.25, 0.3) is 44.9 Å². The number of fused-ring (bicyclic) bond motifs is 6. The molecule has 0 radical (unpaired) electrons. The summed E-state index contributed by atoms with van der Waals surface area (Å²) in [6.07, 6.45) is 14.1. The van der Waals surface area contributed by atoms with Gasteiger partial charge in [-0.1, -0.05) is 69.3 Å². The van der Waals surface area contributed by atoms with Crippen molar-refractivity contribution >= 4 is 111 Å². The third-order valence-electron chi connectivity index (χ3n) is 27.8. The monoisotopic (exact) mass is 1980 g/mol. The van der Waals surface area contributed by atoms with E-state index in [4.69, 9.17) is 10.2 Å². The van der Waals surface area contributed by atoms with E-state index in [0.717, 1.165) is 146 Å². The number of nitrogens with one attached hydrogen (secondary N) is 2. The fraction of sp³-hybridized carbons (Fsp3) is 0.370. The average Bonchev–Trinajstić information content (AvgIpc) is 1.64. The molecular weight excluding hydrogens is 1880 g/mol. The van der Waals surface area contributed by atoms with Crippen LogP contribution >= 0.6 is 0 Å². The summed E-state index contributed by atoms with van der Waals surface area (Å²) >= 11 is 0. The largest absolute Gasteiger partial charge is 0.431 e. The minimum atomic E-state index is -4.81. The molecule has 144 heavy (non-hydrogen) atoms. The van der Waals surface area contributed by atoms with Crippen molar-refractivity contribution in [2.24, 2.45) is 0 Å². The lowest BCUT2D eigenvalue weighted by Gasteiger charge is -2.17. The van der Waals surface area contributed by atoms with Gasteiger partial charge in [0.15, 0.2) is 0 Å². The Morgan fingerprint density at radius 2 is 0.639 bits per heavy atom. The Morgan fingerprint density at radius 3 is 0.938 bits per heavy atom. The maximum atomic E-state index is 13.9. The first-order valence-corrected chi connectivity index (χ1v) is 48.2. The van der Waals surface area contributed by atoms with Gasteiger partial charge < -0.3 is 53.8 Å². The second-order valence-electron chi connectivity index (χ2n) is 38.1. The van der Waals surface area contributed by atoms with Crippen molar-refractivity contribution in [2.75, 3.05) is 29.6 Å². The van der Waals surface area contributed by atoms with Crippen molar-refractivity contribution in [3.05, 3.63) is 343 Å². The number of hydrogen-bond donors (Lipinski definition) is 5. The number of carbonyl (C=O) groups is 2. The Morgan fingerprint density at radius 1 is 0.375 bits per heavy atom. The molecule has 36 heteroatoms. The van der Waals surface area contributed by atoms with Crippen LogP contribution < -0.4 is 49.8 Å². The first kappa shape index (κ1) is 104. The molecule has 0 unspecified atom stereocenters. The van der Waals surface area contributed by atoms with Crippen LogP contribution in [-0.2, 0) is 34.8 Å². The molecule has 6 N–H and O–H groups in total. The number of nitrogens with two attached hydrogens (primary N) is 1. The summed E-state index contributed by atoms with van der Waals surface area (Å²) in [5.74, 6) is -1.94. The predicted octanol–water partition coefficient (Wildman–Crippen LogP) is 23.1. The molecule has 0 bridgehead atoms. The highest BCUT2D eigenvalue weighted by Crippen LogP contribution is 2.52. The smallest absolute Gasteiger partial charge is 0.419 e. The van der Waals surface area contributed by atoms with E-state index in [1.54, 1.807) is 119 Å². The summed E-state index contributed by atoms with van der Waals surface area (Å²) in [6.45, 7) is 15.1. The molecular formula is C108H109F8N11O17. The third kappa shape index (κ3) is 22.5. The second kappa shape index (κ2) is 42.9. The number of rotatable bonds is 25. The quantitative estimate of drug-likeness (QED) is 0.0153. The zero-order valence-electron chi connectivity index (χ0n) is 80.3. The lowest BCUT2D eigenvalue weighted by Crippen LogP contribution is -2.25. The van der Waals surface area contributed by atoms with Crippen molar-refractivity contribution in [1.82, 2.24) is 22.8 Å². The van der Waals surface area contributed by atoms with E-state index in [1.807, 2.05) is 64.2 Å². The molecule has 6 heterocycles. The highest BCUT2D eigenvalue weighted by molar-refractivity contribution is 6.06. The van der Waals surface area contributed by atoms with E-state index >= 15 is 0 Å². The van der Waals surface area contributed by atoms with Gasteiger partial charge in [-0.05, 0) is 291 Å². The number of benzene rings is 8. The van der Waals surface area contributed by atoms with E-state index in [-0.39, 0.29) is 146 Å². The van der Waals surface area contributed by atoms with Crippen LogP contribution in [0.1, 0.15) is 273 Å². The van der Waals surface area contributed by atoms with Crippen molar-refractivity contribution in [1.29, 1.82) is 0 Å². The molecule has 2 amide bonds. The second-order valence-corrected chi connectivity index (χ2v) is 38.1. The topological polar surface area (TPSA) is 394 Å². The van der Waals surface area contributed by atoms with Gasteiger partial charge in [0.2, 0.25) is 11.8 Å². The standard InChI is InChI=1S/C25H24F4N2O2.C24H22F4N2O3.C16H18N2O3.C16H20N2O.C15H16N2O4.C12H9NO4/c1-3-14(2)31-11-10-18-19(24(31)33)8-7-17(16-5-6-16)23(18)30-22(32)13-15-4-9-20(21(26)12-15)25(27,28)29;1-13(12-31)30-9-8-17-18(23(30)33)6-5-16(15-3-4-15)22(17)29-21(32)11-14-2-7-19(20(25)10-14)24(26,27)28;1-3-10(2)17-9-8-13-14(16(17)19)7-6-12(11-4-5-11)15(13)18(20)21;1-3-10(2)18-9-8-13-14(16(18)19)7-6-12(15(13)17)11-4-5-11;1-9(8-18)16-7-6-12-13(15(16)19)5-4-11(10-2-3-10)14(12)17(20)21;14-12-10-4-3-8(7-1-2-7)11(13(15)16)9(10)5-6-17-12/h4,7-12,14,16H,3,5-6,13H2,1-2H3,(H,30,32);2,5-10,13,15,31H,3-4,11-12H2,1H3,(H,29,32);6-11H,3-5H2,1-2H3;6-11H,3-5,17H2,1-2H3;4-7,9-10,18H,2-3,8H2,1H3;3-7H,1-2H2/t14-;13-;2*10-;9-;/m11111./s1. The van der Waals surface area contributed by atoms with Crippen LogP contribution in [0.4, 0.5) is 69.2 Å². The van der Waals surface area contributed by atoms with Crippen LogP contribution in [0.2, 0.25) is 0 Å². The Hall–Kier alpha value is -14.7. The number of amides is 2. The molecule has 0 spiro atoms. The molecule has 754 valence electrons. The molecule has 6 saturated carbocycles. The summed E-state index contributed by atoms with van der Waals surface area (Å²) in [5, 5.41) is 64.2. The van der Waals surface area contributed by atoms with E-state index in [2.05, 4.69) is 24.5 Å². The van der Waals surface area contributed by atoms with Gasteiger partial charge in [-0.25, -0.2) is 13.6 Å². The summed E-state index contributed by atoms with van der Waals surface area (Å²) in [5.41, 5.74) is 9.63. The molecule has 8 aromatic carbocycles. The van der Waals surface area contributed by atoms with Crippen LogP contribution in [-0.4, -0.2) is 72.8 Å². The number of pyridine rings is 5. The lowest BCUT2D eigenvalue weighted by molar-refractivity contribution is -0.383. The normalized spacial score (nSPS) is 15.5. The first-order valence-electron chi connectivity index (χ1n) is 48.2. The average molecular weight is 1990 g/mol. The van der Waals surface area contributed by atoms with Gasteiger partial charge in [-0.15, -0.1) is 0 Å². The van der Waals surface area contributed by atoms with Crippen LogP contribution in [0, 0.1) is 42.0 Å². The van der Waals surface area contributed by atoms with Gasteiger partial charge in [-0.2, -0.15) is 26.3 Å². The van der Waals surface area contributed by atoms with Gasteiger partial charge in [0, 0.05) is 104 Å². The van der Waals surface area contributed by atoms with Gasteiger partial charge in [0.05, 0.1) is 114 Å². The molecule has 0 saturated heterocycles. The summed E-state index contributed by atoms with van der Waals surface area (Å²) in [6, 6.07) is 36.0. The number of nitrogens with zero attached hydrogens (tertiary/aromatic N) is 8. The van der Waals surface area contributed by atoms with Crippen molar-refractivity contribution in [2.45, 2.75) is 243 Å². The molecule has 6 aliphatic rings. The molecule has 6 aromatic heterocycles. The Kier molecular flexibility index (Phi) is 30.9. The summed E-state index contributed by atoms with van der Waals surface area (Å²) in [4.78, 5) is 133. The number of hydrogen-bond acceptors (Lipinski definition) is 18. The Balaban J connectivity index is 0.000000132.